The molecule has 1 N–H and O–H groups in total. The Labute approximate surface area is 118 Å². The van der Waals surface area contributed by atoms with E-state index in [0.717, 1.165) is 28.2 Å². The summed E-state index contributed by atoms with van der Waals surface area (Å²) < 4.78 is 10.6. The van der Waals surface area contributed by atoms with Gasteiger partial charge in [-0.2, -0.15) is 0 Å². The minimum absolute atomic E-state index is 0.682. The summed E-state index contributed by atoms with van der Waals surface area (Å²) in [6.45, 7) is 4.07. The van der Waals surface area contributed by atoms with Gasteiger partial charge in [0.15, 0.2) is 17.3 Å². The first-order chi connectivity index (χ1) is 9.62. The molecule has 0 aliphatic heterocycles. The van der Waals surface area contributed by atoms with E-state index >= 15 is 0 Å². The maximum Gasteiger partial charge on any atom is 0.161 e. The SMILES string of the molecule is CNc1nnc(-c2ccc(OC)c(OC)c2)c(C)c1C. The van der Waals surface area contributed by atoms with Gasteiger partial charge in [-0.15, -0.1) is 10.2 Å². The van der Waals surface area contributed by atoms with Gasteiger partial charge in [-0.1, -0.05) is 0 Å². The fourth-order valence-corrected chi connectivity index (χ4v) is 2.10. The van der Waals surface area contributed by atoms with Gasteiger partial charge >= 0.3 is 0 Å². The van der Waals surface area contributed by atoms with Gasteiger partial charge in [-0.05, 0) is 43.2 Å². The summed E-state index contributed by atoms with van der Waals surface area (Å²) in [5.74, 6) is 2.18. The zero-order chi connectivity index (χ0) is 14.7. The molecule has 2 rings (SSSR count). The van der Waals surface area contributed by atoms with Crippen LogP contribution in [0.1, 0.15) is 11.1 Å². The highest BCUT2D eigenvalue weighted by molar-refractivity contribution is 5.69. The summed E-state index contributed by atoms with van der Waals surface area (Å²) in [6.07, 6.45) is 0. The van der Waals surface area contributed by atoms with Crippen LogP contribution in [-0.4, -0.2) is 31.5 Å². The summed E-state index contributed by atoms with van der Waals surface area (Å²) in [5.41, 5.74) is 3.99. The van der Waals surface area contributed by atoms with E-state index in [1.807, 2.05) is 39.1 Å². The molecular weight excluding hydrogens is 254 g/mol. The van der Waals surface area contributed by atoms with Crippen molar-refractivity contribution in [1.82, 2.24) is 10.2 Å². The molecule has 0 bridgehead atoms. The lowest BCUT2D eigenvalue weighted by atomic mass is 10.0. The van der Waals surface area contributed by atoms with Gasteiger partial charge in [0.2, 0.25) is 0 Å². The third-order valence-electron chi connectivity index (χ3n) is 3.42. The molecule has 0 saturated heterocycles. The standard InChI is InChI=1S/C15H19N3O2/c1-9-10(2)15(16-3)18-17-14(9)11-6-7-12(19-4)13(8-11)20-5/h6-8H,1-5H3,(H,16,18). The lowest BCUT2D eigenvalue weighted by Crippen LogP contribution is -2.03. The Balaban J connectivity index is 2.54. The molecule has 0 atom stereocenters. The lowest BCUT2D eigenvalue weighted by Gasteiger charge is -2.13. The van der Waals surface area contributed by atoms with Crippen LogP contribution in [-0.2, 0) is 0 Å². The van der Waals surface area contributed by atoms with Crippen LogP contribution in [0.2, 0.25) is 0 Å². The number of ether oxygens (including phenoxy) is 2. The average Bonchev–Trinajstić information content (AvgIpc) is 2.49. The van der Waals surface area contributed by atoms with Crippen LogP contribution >= 0.6 is 0 Å². The normalized spacial score (nSPS) is 10.2. The number of nitrogens with zero attached hydrogens (tertiary/aromatic N) is 2. The molecule has 1 heterocycles. The molecule has 0 aliphatic rings. The van der Waals surface area contributed by atoms with Gasteiger partial charge in [0.25, 0.3) is 0 Å². The quantitative estimate of drug-likeness (QED) is 0.928. The number of rotatable bonds is 4. The fourth-order valence-electron chi connectivity index (χ4n) is 2.10. The monoisotopic (exact) mass is 273 g/mol. The Bertz CT molecular complexity index is 627. The highest BCUT2D eigenvalue weighted by Crippen LogP contribution is 2.33. The molecule has 20 heavy (non-hydrogen) atoms. The third-order valence-corrected chi connectivity index (χ3v) is 3.42. The fraction of sp³-hybridized carbons (Fsp3) is 0.333. The number of hydrogen-bond acceptors (Lipinski definition) is 5. The zero-order valence-corrected chi connectivity index (χ0v) is 12.4. The molecule has 0 spiro atoms. The van der Waals surface area contributed by atoms with Crippen LogP contribution in [0.15, 0.2) is 18.2 Å². The van der Waals surface area contributed by atoms with E-state index in [0.29, 0.717) is 11.5 Å². The zero-order valence-electron chi connectivity index (χ0n) is 12.4. The Morgan fingerprint density at radius 2 is 1.65 bits per heavy atom. The number of methoxy groups -OCH3 is 2. The first-order valence-corrected chi connectivity index (χ1v) is 6.36. The summed E-state index contributed by atoms with van der Waals surface area (Å²) in [6, 6.07) is 5.74. The lowest BCUT2D eigenvalue weighted by molar-refractivity contribution is 0.355. The first kappa shape index (κ1) is 14.1. The molecule has 0 amide bonds. The van der Waals surface area contributed by atoms with Crippen molar-refractivity contribution >= 4 is 5.82 Å². The Morgan fingerprint density at radius 1 is 0.950 bits per heavy atom. The van der Waals surface area contributed by atoms with Gasteiger partial charge in [0, 0.05) is 12.6 Å². The Kier molecular flexibility index (Phi) is 4.08. The largest absolute Gasteiger partial charge is 0.493 e. The van der Waals surface area contributed by atoms with Crippen molar-refractivity contribution in [3.8, 4) is 22.8 Å². The Morgan fingerprint density at radius 3 is 2.25 bits per heavy atom. The third kappa shape index (κ3) is 2.39. The number of aromatic nitrogens is 2. The molecule has 1 aromatic heterocycles. The number of nitrogens with one attached hydrogen (secondary N) is 1. The van der Waals surface area contributed by atoms with Crippen LogP contribution in [0.5, 0.6) is 11.5 Å². The minimum atomic E-state index is 0.682. The number of hydrogen-bond donors (Lipinski definition) is 1. The van der Waals surface area contributed by atoms with Crippen LogP contribution in [0, 0.1) is 13.8 Å². The van der Waals surface area contributed by atoms with Gasteiger partial charge in [0.1, 0.15) is 0 Å². The van der Waals surface area contributed by atoms with Crippen molar-refractivity contribution in [2.75, 3.05) is 26.6 Å². The second kappa shape index (κ2) is 5.77. The highest BCUT2D eigenvalue weighted by atomic mass is 16.5. The van der Waals surface area contributed by atoms with Crippen LogP contribution in [0.25, 0.3) is 11.3 Å². The summed E-state index contributed by atoms with van der Waals surface area (Å²) in [5, 5.41) is 11.5. The molecule has 0 fully saturated rings. The topological polar surface area (TPSA) is 56.3 Å². The molecule has 0 saturated carbocycles. The van der Waals surface area contributed by atoms with Crippen molar-refractivity contribution in [3.05, 3.63) is 29.3 Å². The van der Waals surface area contributed by atoms with Gasteiger partial charge in [-0.3, -0.25) is 0 Å². The van der Waals surface area contributed by atoms with E-state index in [9.17, 15) is 0 Å². The maximum absolute atomic E-state index is 5.33. The van der Waals surface area contributed by atoms with E-state index in [1.165, 1.54) is 0 Å². The minimum Gasteiger partial charge on any atom is -0.493 e. The second-order valence-corrected chi connectivity index (χ2v) is 4.47. The molecule has 5 nitrogen and oxygen atoms in total. The van der Waals surface area contributed by atoms with E-state index in [-0.39, 0.29) is 0 Å². The highest BCUT2D eigenvalue weighted by Gasteiger charge is 2.13. The van der Waals surface area contributed by atoms with E-state index in [4.69, 9.17) is 9.47 Å². The molecule has 2 aromatic rings. The number of anilines is 1. The van der Waals surface area contributed by atoms with Crippen molar-refractivity contribution in [2.24, 2.45) is 0 Å². The first-order valence-electron chi connectivity index (χ1n) is 6.36. The predicted octanol–water partition coefficient (Wildman–Crippen LogP) is 2.82. The predicted molar refractivity (Wildman–Crippen MR) is 79.6 cm³/mol. The molecule has 0 radical (unpaired) electrons. The second-order valence-electron chi connectivity index (χ2n) is 4.47. The van der Waals surface area contributed by atoms with Crippen molar-refractivity contribution < 1.29 is 9.47 Å². The van der Waals surface area contributed by atoms with Gasteiger partial charge in [0.05, 0.1) is 19.9 Å². The van der Waals surface area contributed by atoms with Crippen molar-refractivity contribution in [1.29, 1.82) is 0 Å². The average molecular weight is 273 g/mol. The number of benzene rings is 1. The maximum atomic E-state index is 5.33. The summed E-state index contributed by atoms with van der Waals surface area (Å²) >= 11 is 0. The van der Waals surface area contributed by atoms with Crippen LogP contribution < -0.4 is 14.8 Å². The molecule has 106 valence electrons. The smallest absolute Gasteiger partial charge is 0.161 e. The molecule has 5 heteroatoms. The van der Waals surface area contributed by atoms with E-state index in [2.05, 4.69) is 15.5 Å². The Hall–Kier alpha value is -2.30. The van der Waals surface area contributed by atoms with Gasteiger partial charge < -0.3 is 14.8 Å². The molecular formula is C15H19N3O2. The summed E-state index contributed by atoms with van der Waals surface area (Å²) in [4.78, 5) is 0. The summed E-state index contributed by atoms with van der Waals surface area (Å²) in [7, 11) is 5.08. The van der Waals surface area contributed by atoms with E-state index in [1.54, 1.807) is 14.2 Å². The van der Waals surface area contributed by atoms with Crippen LogP contribution in [0.4, 0.5) is 5.82 Å². The van der Waals surface area contributed by atoms with Crippen LogP contribution in [0.3, 0.4) is 0 Å². The van der Waals surface area contributed by atoms with Gasteiger partial charge in [-0.25, -0.2) is 0 Å². The molecule has 0 aliphatic carbocycles. The van der Waals surface area contributed by atoms with E-state index < -0.39 is 0 Å². The molecule has 1 aromatic carbocycles. The van der Waals surface area contributed by atoms with Crippen molar-refractivity contribution in [2.45, 2.75) is 13.8 Å². The van der Waals surface area contributed by atoms with Crippen molar-refractivity contribution in [3.63, 3.8) is 0 Å². The molecule has 0 unspecified atom stereocenters.